The first kappa shape index (κ1) is 48.1. The van der Waals surface area contributed by atoms with Crippen molar-refractivity contribution in [2.24, 2.45) is 23.0 Å². The summed E-state index contributed by atoms with van der Waals surface area (Å²) in [5.41, 5.74) is 5.59. The van der Waals surface area contributed by atoms with Gasteiger partial charge < -0.3 is 48.1 Å². The Morgan fingerprint density at radius 3 is 2.16 bits per heavy atom. The molecule has 0 bridgehead atoms. The van der Waals surface area contributed by atoms with Crippen LogP contribution in [0.5, 0.6) is 0 Å². The number of carbonyl (C=O) groups is 8. The minimum Gasteiger partial charge on any atom is -0.390 e. The minimum atomic E-state index is -1.45. The largest absolute Gasteiger partial charge is 0.390 e. The number of hydrogen-bond donors (Lipinski definition) is 9. The molecule has 17 heteroatoms. The maximum atomic E-state index is 14.1. The summed E-state index contributed by atoms with van der Waals surface area (Å²) in [6.45, 7) is 12.3. The Hall–Kier alpha value is -5.06. The molecule has 17 nitrogen and oxygen atoms in total. The van der Waals surface area contributed by atoms with Crippen LogP contribution in [0.15, 0.2) is 30.3 Å². The topological polar surface area (TPSA) is 267 Å². The maximum Gasteiger partial charge on any atom is 0.243 e. The third kappa shape index (κ3) is 18.2. The number of nitrogens with two attached hydrogens (primary N) is 1. The highest BCUT2D eigenvalue weighted by molar-refractivity contribution is 5.94. The number of hydrogen-bond acceptors (Lipinski definition) is 9. The molecule has 0 radical (unpaired) electrons. The van der Waals surface area contributed by atoms with E-state index in [2.05, 4.69) is 37.2 Å². The number of primary amides is 1. The van der Waals surface area contributed by atoms with E-state index in [-0.39, 0.29) is 55.9 Å². The van der Waals surface area contributed by atoms with Gasteiger partial charge in [-0.1, -0.05) is 78.8 Å². The summed E-state index contributed by atoms with van der Waals surface area (Å²) in [5.74, 6) is -5.74. The molecule has 1 aromatic carbocycles. The monoisotopic (exact) mass is 800 g/mol. The SMILES string of the molecule is CC(C)[C@H](NC(=O)CC(C)(C)C)C(=O)NC1CCCCNC(=O)CC[C@H](C(=O)NCC(N)=O)NC(=O)[C@H](C(C)C)NC(=O)C[C@H](O)[C@@H](Cc2ccccc2)NC1=O. The van der Waals surface area contributed by atoms with Crippen molar-refractivity contribution in [2.45, 2.75) is 136 Å². The van der Waals surface area contributed by atoms with Gasteiger partial charge >= 0.3 is 0 Å². The van der Waals surface area contributed by atoms with Crippen molar-refractivity contribution in [2.75, 3.05) is 13.1 Å². The molecule has 6 atom stereocenters. The van der Waals surface area contributed by atoms with Crippen molar-refractivity contribution in [3.8, 4) is 0 Å². The fourth-order valence-corrected chi connectivity index (χ4v) is 6.20. The summed E-state index contributed by atoms with van der Waals surface area (Å²) in [4.78, 5) is 105. The number of amides is 8. The molecule has 1 aliphatic heterocycles. The second-order valence-electron chi connectivity index (χ2n) is 16.6. The smallest absolute Gasteiger partial charge is 0.243 e. The van der Waals surface area contributed by atoms with E-state index in [1.54, 1.807) is 52.0 Å². The molecule has 1 aliphatic rings. The molecular weight excluding hydrogens is 736 g/mol. The molecule has 0 aromatic heterocycles. The molecule has 0 spiro atoms. The fraction of sp³-hybridized carbons (Fsp3) is 0.650. The van der Waals surface area contributed by atoms with Gasteiger partial charge in [0, 0.05) is 19.4 Å². The zero-order valence-corrected chi connectivity index (χ0v) is 34.4. The Labute approximate surface area is 335 Å². The predicted molar refractivity (Wildman–Crippen MR) is 212 cm³/mol. The zero-order chi connectivity index (χ0) is 42.9. The lowest BCUT2D eigenvalue weighted by Crippen LogP contribution is -2.58. The molecule has 10 N–H and O–H groups in total. The van der Waals surface area contributed by atoms with Crippen molar-refractivity contribution in [1.82, 2.24) is 37.2 Å². The van der Waals surface area contributed by atoms with Crippen LogP contribution < -0.4 is 43.0 Å². The Bertz CT molecular complexity index is 1550. The summed E-state index contributed by atoms with van der Waals surface area (Å²) >= 11 is 0. The summed E-state index contributed by atoms with van der Waals surface area (Å²) < 4.78 is 0. The van der Waals surface area contributed by atoms with Crippen molar-refractivity contribution in [1.29, 1.82) is 0 Å². The van der Waals surface area contributed by atoms with E-state index >= 15 is 0 Å². The number of aliphatic hydroxyl groups excluding tert-OH is 1. The van der Waals surface area contributed by atoms with Gasteiger partial charge in [-0.05, 0) is 54.9 Å². The van der Waals surface area contributed by atoms with Crippen LogP contribution in [0.4, 0.5) is 0 Å². The first-order valence-electron chi connectivity index (χ1n) is 19.7. The van der Waals surface area contributed by atoms with Crippen molar-refractivity contribution < 1.29 is 43.5 Å². The second kappa shape index (κ2) is 23.2. The third-order valence-electron chi connectivity index (χ3n) is 9.31. The molecule has 57 heavy (non-hydrogen) atoms. The molecular formula is C40H64N8O9. The molecule has 1 unspecified atom stereocenters. The van der Waals surface area contributed by atoms with Crippen LogP contribution in [-0.2, 0) is 44.8 Å². The van der Waals surface area contributed by atoms with Gasteiger partial charge in [0.1, 0.15) is 24.2 Å². The van der Waals surface area contributed by atoms with Crippen molar-refractivity contribution in [3.05, 3.63) is 35.9 Å². The molecule has 1 heterocycles. The highest BCUT2D eigenvalue weighted by Gasteiger charge is 2.34. The van der Waals surface area contributed by atoms with E-state index in [0.717, 1.165) is 5.56 Å². The van der Waals surface area contributed by atoms with Gasteiger partial charge in [0.15, 0.2) is 0 Å². The van der Waals surface area contributed by atoms with Gasteiger partial charge in [-0.15, -0.1) is 0 Å². The van der Waals surface area contributed by atoms with Crippen LogP contribution in [0, 0.1) is 17.3 Å². The average Bonchev–Trinajstić information content (AvgIpc) is 3.11. The zero-order valence-electron chi connectivity index (χ0n) is 34.4. The van der Waals surface area contributed by atoms with E-state index < -0.39 is 96.5 Å². The molecule has 2 rings (SSSR count). The Balaban J connectivity index is 2.46. The lowest BCUT2D eigenvalue weighted by molar-refractivity contribution is -0.135. The fourth-order valence-electron chi connectivity index (χ4n) is 6.20. The first-order chi connectivity index (χ1) is 26.7. The Morgan fingerprint density at radius 2 is 1.56 bits per heavy atom. The summed E-state index contributed by atoms with van der Waals surface area (Å²) in [7, 11) is 0. The highest BCUT2D eigenvalue weighted by Crippen LogP contribution is 2.19. The quantitative estimate of drug-likeness (QED) is 0.144. The normalized spacial score (nSPS) is 22.9. The second-order valence-corrected chi connectivity index (χ2v) is 16.6. The number of rotatable bonds is 11. The third-order valence-corrected chi connectivity index (χ3v) is 9.31. The number of carbonyl (C=O) groups excluding carboxylic acids is 8. The summed E-state index contributed by atoms with van der Waals surface area (Å²) in [6, 6.07) is 3.47. The van der Waals surface area contributed by atoms with Gasteiger partial charge in [-0.25, -0.2) is 0 Å². The first-order valence-corrected chi connectivity index (χ1v) is 19.7. The van der Waals surface area contributed by atoms with Crippen LogP contribution in [0.2, 0.25) is 0 Å². The molecule has 1 fully saturated rings. The molecule has 318 valence electrons. The van der Waals surface area contributed by atoms with E-state index in [1.165, 1.54) is 0 Å². The van der Waals surface area contributed by atoms with Crippen LogP contribution >= 0.6 is 0 Å². The maximum absolute atomic E-state index is 14.1. The van der Waals surface area contributed by atoms with Crippen LogP contribution in [0.1, 0.15) is 99.0 Å². The van der Waals surface area contributed by atoms with Crippen LogP contribution in [0.25, 0.3) is 0 Å². The van der Waals surface area contributed by atoms with Gasteiger partial charge in [0.05, 0.1) is 25.1 Å². The standard InChI is InChI=1S/C40H64N8O9/c1-23(2)34-38(56)45-27(36(54)43-22-30(41)50)16-17-31(51)42-18-12-11-15-26(44-39(57)35(24(3)4)48-33(53)21-40(5,6)7)37(55)46-28(29(49)20-32(52)47-34)19-25-13-9-8-10-14-25/h8-10,13-14,23-24,26-29,34-35,49H,11-12,15-22H2,1-7H3,(H2,41,50)(H,42,51)(H,43,54)(H,44,57)(H,45,56)(H,46,55)(H,47,52)(H,48,53)/t26?,27-,28-,29+,34+,35+/m1/s1. The minimum absolute atomic E-state index is 0.112. The highest BCUT2D eigenvalue weighted by atomic mass is 16.3. The van der Waals surface area contributed by atoms with Gasteiger partial charge in [-0.3, -0.25) is 38.4 Å². The summed E-state index contributed by atoms with van der Waals surface area (Å²) in [6.07, 6.45) is -1.11. The molecule has 0 aliphatic carbocycles. The van der Waals surface area contributed by atoms with Crippen LogP contribution in [-0.4, -0.2) is 102 Å². The van der Waals surface area contributed by atoms with E-state index in [1.807, 2.05) is 26.8 Å². The molecule has 1 aromatic rings. The molecule has 8 amide bonds. The molecule has 0 saturated carbocycles. The lowest BCUT2D eigenvalue weighted by Gasteiger charge is -2.30. The van der Waals surface area contributed by atoms with Gasteiger partial charge in [0.2, 0.25) is 47.3 Å². The Morgan fingerprint density at radius 1 is 0.895 bits per heavy atom. The summed E-state index contributed by atoms with van der Waals surface area (Å²) in [5, 5.41) is 30.2. The number of nitrogens with one attached hydrogen (secondary N) is 7. The van der Waals surface area contributed by atoms with Gasteiger partial charge in [0.25, 0.3) is 0 Å². The molecule has 1 saturated heterocycles. The number of aliphatic hydroxyl groups is 1. The number of benzene rings is 1. The van der Waals surface area contributed by atoms with Crippen molar-refractivity contribution >= 4 is 47.3 Å². The average molecular weight is 801 g/mol. The van der Waals surface area contributed by atoms with E-state index in [9.17, 15) is 43.5 Å². The predicted octanol–water partition coefficient (Wildman–Crippen LogP) is -0.166. The van der Waals surface area contributed by atoms with E-state index in [0.29, 0.717) is 12.8 Å². The van der Waals surface area contributed by atoms with Crippen LogP contribution in [0.3, 0.4) is 0 Å². The van der Waals surface area contributed by atoms with E-state index in [4.69, 9.17) is 5.73 Å². The van der Waals surface area contributed by atoms with Crippen molar-refractivity contribution in [3.63, 3.8) is 0 Å². The Kier molecular flexibility index (Phi) is 19.6. The lowest BCUT2D eigenvalue weighted by atomic mass is 9.91. The van der Waals surface area contributed by atoms with Gasteiger partial charge in [-0.2, -0.15) is 0 Å².